The number of hydrogen-bond donors (Lipinski definition) is 9. The van der Waals surface area contributed by atoms with Gasteiger partial charge in [-0.1, -0.05) is 49.7 Å². The lowest BCUT2D eigenvalue weighted by atomic mass is 10.0. The minimum Gasteiger partial charge on any atom is -0.365 e. The van der Waals surface area contributed by atoms with E-state index in [0.29, 0.717) is 50.9 Å². The summed E-state index contributed by atoms with van der Waals surface area (Å²) >= 11 is 0. The number of Topliss-reactive ketones (excluding diaryl/α,β-unsaturated/α-hetero) is 1. The Bertz CT molecular complexity index is 1590. The Kier molecular flexibility index (Phi) is 19.6. The molecule has 16 nitrogen and oxygen atoms in total. The summed E-state index contributed by atoms with van der Waals surface area (Å²) in [5.74, 6) is -3.62. The van der Waals surface area contributed by atoms with Crippen molar-refractivity contribution in [2.24, 2.45) is 22.9 Å². The van der Waals surface area contributed by atoms with Gasteiger partial charge >= 0.3 is 0 Å². The van der Waals surface area contributed by atoms with E-state index in [1.165, 1.54) is 12.5 Å². The molecule has 1 aliphatic heterocycles. The van der Waals surface area contributed by atoms with Gasteiger partial charge in [0.2, 0.25) is 17.7 Å². The topological polar surface area (TPSA) is 279 Å². The molecule has 1 fully saturated rings. The number of rotatable bonds is 26. The lowest BCUT2D eigenvalue weighted by Crippen LogP contribution is -2.61. The summed E-state index contributed by atoms with van der Waals surface area (Å²) in [4.78, 5) is 78.8. The minimum absolute atomic E-state index is 0.0714. The van der Waals surface area contributed by atoms with Gasteiger partial charge in [-0.25, -0.2) is 0 Å². The van der Waals surface area contributed by atoms with E-state index in [4.69, 9.17) is 27.7 Å². The van der Waals surface area contributed by atoms with Crippen molar-refractivity contribution in [2.75, 3.05) is 26.2 Å². The lowest BCUT2D eigenvalue weighted by Gasteiger charge is -2.25. The molecule has 2 aromatic rings. The molecule has 1 saturated heterocycles. The number of epoxide rings is 1. The first-order valence-electron chi connectivity index (χ1n) is 19.6. The number of unbranched alkanes of at least 4 members (excludes halogenated alkanes) is 3. The Hall–Kier alpha value is -4.74. The monoisotopic (exact) mass is 779 g/mol. The van der Waals surface area contributed by atoms with E-state index < -0.39 is 66.0 Å². The van der Waals surface area contributed by atoms with Crippen LogP contribution in [0.25, 0.3) is 11.1 Å². The van der Waals surface area contributed by atoms with Crippen LogP contribution in [-0.4, -0.2) is 98.0 Å². The van der Waals surface area contributed by atoms with Crippen LogP contribution in [0.5, 0.6) is 0 Å². The minimum atomic E-state index is -1.60. The van der Waals surface area contributed by atoms with Gasteiger partial charge in [-0.05, 0) is 113 Å². The van der Waals surface area contributed by atoms with Crippen LogP contribution in [0.3, 0.4) is 0 Å². The molecule has 16 heteroatoms. The van der Waals surface area contributed by atoms with Gasteiger partial charge in [0, 0.05) is 5.56 Å². The molecule has 2 aromatic carbocycles. The second kappa shape index (κ2) is 24.0. The summed E-state index contributed by atoms with van der Waals surface area (Å²) in [5.41, 5.74) is 26.7. The molecule has 5 amide bonds. The van der Waals surface area contributed by atoms with E-state index in [-0.39, 0.29) is 31.6 Å². The first kappa shape index (κ1) is 45.6. The van der Waals surface area contributed by atoms with Crippen molar-refractivity contribution in [3.05, 3.63) is 59.7 Å². The largest absolute Gasteiger partial charge is 0.365 e. The van der Waals surface area contributed by atoms with Crippen LogP contribution in [-0.2, 0) is 35.1 Å². The molecule has 6 unspecified atom stereocenters. The number of benzene rings is 2. The maximum atomic E-state index is 13.5. The molecule has 0 bridgehead atoms. The molecule has 1 heterocycles. The summed E-state index contributed by atoms with van der Waals surface area (Å²) in [7, 11) is 0. The molecular formula is C40H61N9O7. The summed E-state index contributed by atoms with van der Waals surface area (Å²) in [5, 5.41) is 13.0. The number of aryl methyl sites for hydroxylation is 1. The molecule has 0 radical (unpaired) electrons. The van der Waals surface area contributed by atoms with E-state index in [1.54, 1.807) is 12.1 Å². The average Bonchev–Trinajstić information content (AvgIpc) is 4.05. The normalized spacial score (nSPS) is 16.0. The third-order valence-corrected chi connectivity index (χ3v) is 9.51. The highest BCUT2D eigenvalue weighted by Crippen LogP contribution is 2.21. The highest BCUT2D eigenvalue weighted by Gasteiger charge is 2.36. The van der Waals surface area contributed by atoms with Gasteiger partial charge in [0.1, 0.15) is 24.2 Å². The van der Waals surface area contributed by atoms with Crippen LogP contribution in [0.1, 0.15) is 87.6 Å². The Morgan fingerprint density at radius 1 is 0.643 bits per heavy atom. The Morgan fingerprint density at radius 2 is 1.14 bits per heavy atom. The molecule has 6 atom stereocenters. The highest BCUT2D eigenvalue weighted by molar-refractivity contribution is 5.99. The zero-order valence-corrected chi connectivity index (χ0v) is 32.6. The van der Waals surface area contributed by atoms with Gasteiger partial charge in [0.05, 0.1) is 12.6 Å². The van der Waals surface area contributed by atoms with Crippen LogP contribution in [0.15, 0.2) is 48.5 Å². The highest BCUT2D eigenvalue weighted by atomic mass is 16.6. The molecule has 13 N–H and O–H groups in total. The molecule has 0 aliphatic carbocycles. The van der Waals surface area contributed by atoms with E-state index in [1.807, 2.05) is 12.1 Å². The average molecular weight is 780 g/mol. The first-order chi connectivity index (χ1) is 26.9. The number of nitrogens with two attached hydrogens (primary N) is 4. The summed E-state index contributed by atoms with van der Waals surface area (Å²) < 4.78 is 5.01. The summed E-state index contributed by atoms with van der Waals surface area (Å²) in [6, 6.07) is 11.2. The third kappa shape index (κ3) is 15.1. The fraction of sp³-hybridized carbons (Fsp3) is 0.550. The molecule has 0 spiro atoms. The second-order valence-electron chi connectivity index (χ2n) is 14.1. The van der Waals surface area contributed by atoms with Gasteiger partial charge in [-0.3, -0.25) is 28.8 Å². The van der Waals surface area contributed by atoms with E-state index in [2.05, 4.69) is 57.8 Å². The van der Waals surface area contributed by atoms with Crippen molar-refractivity contribution < 1.29 is 33.5 Å². The zero-order chi connectivity index (χ0) is 41.0. The van der Waals surface area contributed by atoms with E-state index in [9.17, 15) is 28.8 Å². The van der Waals surface area contributed by atoms with Gasteiger partial charge in [-0.2, -0.15) is 0 Å². The molecule has 3 rings (SSSR count). The van der Waals surface area contributed by atoms with Crippen LogP contribution in [0.2, 0.25) is 0 Å². The SMILES string of the molecule is CCCCc1ccc(-c2ccc(C(=O)NC(CCN)C(=O)NC(CCCCN)C(=O)NC(N)C(=O)NC(CCCCN)C(=O)NC(C)C(=O)C3CO3)cc2)cc1. The number of ether oxygens (including phenoxy) is 1. The van der Waals surface area contributed by atoms with Crippen molar-refractivity contribution in [1.29, 1.82) is 0 Å². The number of amides is 5. The lowest BCUT2D eigenvalue weighted by molar-refractivity contribution is -0.134. The van der Waals surface area contributed by atoms with Crippen LogP contribution >= 0.6 is 0 Å². The van der Waals surface area contributed by atoms with Crippen LogP contribution in [0, 0.1) is 0 Å². The van der Waals surface area contributed by atoms with Gasteiger partial charge in [0.25, 0.3) is 11.8 Å². The van der Waals surface area contributed by atoms with Crippen molar-refractivity contribution in [2.45, 2.75) is 114 Å². The Labute approximate surface area is 329 Å². The standard InChI is InChI=1S/C40H61N9O7/c1-3-4-9-26-12-14-27(15-13-26)28-16-18-29(19-17-28)36(51)46-32(20-23-43)38(53)47-31(11-6-8-22-42)39(54)49-35(44)40(55)48-30(10-5-7-21-41)37(52)45-25(2)34(50)33-24-56-33/h12-19,25,30-33,35H,3-11,20-24,41-44H2,1-2H3,(H,45,52)(H,46,51)(H,47,53)(H,48,55)(H,49,54). The van der Waals surface area contributed by atoms with Gasteiger partial charge in [-0.15, -0.1) is 0 Å². The van der Waals surface area contributed by atoms with Gasteiger partial charge in [0.15, 0.2) is 11.9 Å². The maximum absolute atomic E-state index is 13.5. The quantitative estimate of drug-likeness (QED) is 0.0354. The molecule has 1 aliphatic rings. The van der Waals surface area contributed by atoms with E-state index in [0.717, 1.165) is 30.4 Å². The Balaban J connectivity index is 1.64. The number of nitrogens with one attached hydrogen (secondary N) is 5. The molecule has 0 saturated carbocycles. The fourth-order valence-corrected chi connectivity index (χ4v) is 5.99. The Morgan fingerprint density at radius 3 is 1.66 bits per heavy atom. The van der Waals surface area contributed by atoms with Crippen LogP contribution in [0.4, 0.5) is 0 Å². The van der Waals surface area contributed by atoms with Gasteiger partial charge < -0.3 is 54.3 Å². The predicted octanol–water partition coefficient (Wildman–Crippen LogP) is 0.245. The molecule has 0 aromatic heterocycles. The van der Waals surface area contributed by atoms with Crippen molar-refractivity contribution in [3.8, 4) is 11.1 Å². The van der Waals surface area contributed by atoms with Crippen molar-refractivity contribution in [1.82, 2.24) is 26.6 Å². The molecular weight excluding hydrogens is 718 g/mol. The van der Waals surface area contributed by atoms with Crippen molar-refractivity contribution >= 4 is 35.3 Å². The van der Waals surface area contributed by atoms with E-state index >= 15 is 0 Å². The maximum Gasteiger partial charge on any atom is 0.258 e. The smallest absolute Gasteiger partial charge is 0.258 e. The molecule has 308 valence electrons. The van der Waals surface area contributed by atoms with Crippen molar-refractivity contribution in [3.63, 3.8) is 0 Å². The first-order valence-corrected chi connectivity index (χ1v) is 19.6. The fourth-order valence-electron chi connectivity index (χ4n) is 5.99. The molecule has 56 heavy (non-hydrogen) atoms. The predicted molar refractivity (Wildman–Crippen MR) is 214 cm³/mol. The van der Waals surface area contributed by atoms with Crippen LogP contribution < -0.4 is 49.5 Å². The summed E-state index contributed by atoms with van der Waals surface area (Å²) in [6.45, 7) is 4.78. The number of hydrogen-bond acceptors (Lipinski definition) is 11. The summed E-state index contributed by atoms with van der Waals surface area (Å²) in [6.07, 6.45) is 3.69. The number of carbonyl (C=O) groups is 6. The second-order valence-corrected chi connectivity index (χ2v) is 14.1. The number of carbonyl (C=O) groups excluding carboxylic acids is 6. The number of ketones is 1. The zero-order valence-electron chi connectivity index (χ0n) is 32.6. The third-order valence-electron chi connectivity index (χ3n) is 9.51.